The number of rotatable bonds is 4. The summed E-state index contributed by atoms with van der Waals surface area (Å²) in [5, 5.41) is 19.2. The molecule has 21 heavy (non-hydrogen) atoms. The Kier molecular flexibility index (Phi) is 4.47. The Morgan fingerprint density at radius 3 is 2.29 bits per heavy atom. The summed E-state index contributed by atoms with van der Waals surface area (Å²) in [5.74, 6) is 0.565. The van der Waals surface area contributed by atoms with Gasteiger partial charge in [0.1, 0.15) is 18.0 Å². The molecule has 1 saturated heterocycles. The fourth-order valence-electron chi connectivity index (χ4n) is 2.26. The summed E-state index contributed by atoms with van der Waals surface area (Å²) >= 11 is 0. The predicted octanol–water partition coefficient (Wildman–Crippen LogP) is 1.77. The van der Waals surface area contributed by atoms with Crippen molar-refractivity contribution >= 4 is 11.9 Å². The van der Waals surface area contributed by atoms with Crippen molar-refractivity contribution < 1.29 is 24.5 Å². The first-order valence-electron chi connectivity index (χ1n) is 6.84. The highest BCUT2D eigenvalue weighted by molar-refractivity contribution is 5.94. The molecule has 0 bridgehead atoms. The number of carboxylic acid groups (broad SMARTS) is 1. The summed E-state index contributed by atoms with van der Waals surface area (Å²) < 4.78 is 5.55. The summed E-state index contributed by atoms with van der Waals surface area (Å²) in [4.78, 5) is 23.3. The highest BCUT2D eigenvalue weighted by Gasteiger charge is 2.34. The zero-order valence-corrected chi connectivity index (χ0v) is 11.9. The molecule has 114 valence electrons. The van der Waals surface area contributed by atoms with Crippen LogP contribution in [0.3, 0.4) is 0 Å². The predicted molar refractivity (Wildman–Crippen MR) is 75.7 cm³/mol. The number of hydrogen-bond acceptors (Lipinski definition) is 4. The molecule has 0 spiro atoms. The van der Waals surface area contributed by atoms with Gasteiger partial charge >= 0.3 is 6.09 Å². The van der Waals surface area contributed by atoms with Gasteiger partial charge in [-0.1, -0.05) is 0 Å². The smallest absolute Gasteiger partial charge is 0.407 e. The SMILES string of the molecule is CC(=O)c1ccc(OCC2(O)CCN(C(=O)O)CC2)cc1. The van der Waals surface area contributed by atoms with Gasteiger partial charge in [-0.15, -0.1) is 0 Å². The minimum absolute atomic E-state index is 0.0128. The van der Waals surface area contributed by atoms with Gasteiger partial charge in [-0.3, -0.25) is 4.79 Å². The second kappa shape index (κ2) is 6.13. The maximum absolute atomic E-state index is 11.2. The lowest BCUT2D eigenvalue weighted by Gasteiger charge is -2.36. The number of carbonyl (C=O) groups excluding carboxylic acids is 1. The van der Waals surface area contributed by atoms with E-state index in [1.54, 1.807) is 24.3 Å². The van der Waals surface area contributed by atoms with Crippen molar-refractivity contribution in [1.82, 2.24) is 4.90 Å². The molecule has 0 unspecified atom stereocenters. The van der Waals surface area contributed by atoms with Crippen LogP contribution in [0.2, 0.25) is 0 Å². The van der Waals surface area contributed by atoms with Crippen molar-refractivity contribution in [3.63, 3.8) is 0 Å². The molecular weight excluding hydrogens is 274 g/mol. The molecule has 1 aliphatic rings. The molecule has 1 aromatic rings. The van der Waals surface area contributed by atoms with Gasteiger partial charge < -0.3 is 19.8 Å². The number of Topliss-reactive ketones (excluding diaryl/α,β-unsaturated/α-hetero) is 1. The van der Waals surface area contributed by atoms with Gasteiger partial charge in [0.2, 0.25) is 0 Å². The van der Waals surface area contributed by atoms with Gasteiger partial charge in [0.15, 0.2) is 5.78 Å². The van der Waals surface area contributed by atoms with Crippen LogP contribution in [0.4, 0.5) is 4.79 Å². The van der Waals surface area contributed by atoms with E-state index in [0.29, 0.717) is 37.2 Å². The average Bonchev–Trinajstić information content (AvgIpc) is 2.46. The first-order chi connectivity index (χ1) is 9.89. The second-order valence-electron chi connectivity index (χ2n) is 5.36. The van der Waals surface area contributed by atoms with Crippen LogP contribution in [0.5, 0.6) is 5.75 Å². The van der Waals surface area contributed by atoms with Crippen LogP contribution >= 0.6 is 0 Å². The number of benzene rings is 1. The average molecular weight is 293 g/mol. The third-order valence-corrected chi connectivity index (χ3v) is 3.73. The van der Waals surface area contributed by atoms with Crippen molar-refractivity contribution in [2.75, 3.05) is 19.7 Å². The molecule has 6 heteroatoms. The molecule has 2 rings (SSSR count). The summed E-state index contributed by atoms with van der Waals surface area (Å²) in [6.07, 6.45) is -0.256. The van der Waals surface area contributed by atoms with Crippen LogP contribution < -0.4 is 4.74 Å². The first-order valence-corrected chi connectivity index (χ1v) is 6.84. The van der Waals surface area contributed by atoms with E-state index in [1.165, 1.54) is 11.8 Å². The lowest BCUT2D eigenvalue weighted by molar-refractivity contribution is -0.0482. The van der Waals surface area contributed by atoms with E-state index >= 15 is 0 Å². The molecule has 0 atom stereocenters. The van der Waals surface area contributed by atoms with Crippen LogP contribution in [0.25, 0.3) is 0 Å². The molecular formula is C15H19NO5. The van der Waals surface area contributed by atoms with E-state index < -0.39 is 11.7 Å². The fraction of sp³-hybridized carbons (Fsp3) is 0.467. The number of likely N-dealkylation sites (tertiary alicyclic amines) is 1. The molecule has 1 fully saturated rings. The number of nitrogens with zero attached hydrogens (tertiary/aromatic N) is 1. The molecule has 1 amide bonds. The first kappa shape index (κ1) is 15.3. The molecule has 0 radical (unpaired) electrons. The van der Waals surface area contributed by atoms with Crippen molar-refractivity contribution in [2.45, 2.75) is 25.4 Å². The number of hydrogen-bond donors (Lipinski definition) is 2. The Labute approximate surface area is 122 Å². The number of amides is 1. The lowest BCUT2D eigenvalue weighted by atomic mass is 9.92. The van der Waals surface area contributed by atoms with Gasteiger partial charge in [0.25, 0.3) is 0 Å². The highest BCUT2D eigenvalue weighted by atomic mass is 16.5. The maximum atomic E-state index is 11.2. The number of ketones is 1. The van der Waals surface area contributed by atoms with Crippen LogP contribution in [-0.2, 0) is 0 Å². The van der Waals surface area contributed by atoms with Gasteiger partial charge in [-0.05, 0) is 44.0 Å². The summed E-state index contributed by atoms with van der Waals surface area (Å²) in [5.41, 5.74) is -0.401. The van der Waals surface area contributed by atoms with E-state index in [1.807, 2.05) is 0 Å². The Balaban J connectivity index is 1.88. The van der Waals surface area contributed by atoms with Crippen molar-refractivity contribution in [2.24, 2.45) is 0 Å². The van der Waals surface area contributed by atoms with E-state index in [9.17, 15) is 14.7 Å². The molecule has 1 aromatic carbocycles. The van der Waals surface area contributed by atoms with Crippen LogP contribution in [-0.4, -0.2) is 52.3 Å². The molecule has 1 aliphatic heterocycles. The Morgan fingerprint density at radius 2 is 1.81 bits per heavy atom. The van der Waals surface area contributed by atoms with E-state index in [4.69, 9.17) is 9.84 Å². The Hall–Kier alpha value is -2.08. The van der Waals surface area contributed by atoms with Crippen LogP contribution in [0.15, 0.2) is 24.3 Å². The zero-order valence-electron chi connectivity index (χ0n) is 11.9. The topological polar surface area (TPSA) is 87.1 Å². The molecule has 0 saturated carbocycles. The Morgan fingerprint density at radius 1 is 1.24 bits per heavy atom. The maximum Gasteiger partial charge on any atom is 0.407 e. The number of carbonyl (C=O) groups is 2. The number of ether oxygens (including phenoxy) is 1. The molecule has 6 nitrogen and oxygen atoms in total. The normalized spacial score (nSPS) is 17.3. The highest BCUT2D eigenvalue weighted by Crippen LogP contribution is 2.24. The zero-order chi connectivity index (χ0) is 15.5. The van der Waals surface area contributed by atoms with Gasteiger partial charge in [0.05, 0.1) is 0 Å². The van der Waals surface area contributed by atoms with Crippen molar-refractivity contribution in [3.8, 4) is 5.75 Å². The summed E-state index contributed by atoms with van der Waals surface area (Å²) in [7, 11) is 0. The van der Waals surface area contributed by atoms with Gasteiger partial charge in [-0.25, -0.2) is 4.79 Å². The van der Waals surface area contributed by atoms with Gasteiger partial charge in [0, 0.05) is 18.7 Å². The quantitative estimate of drug-likeness (QED) is 0.826. The third-order valence-electron chi connectivity index (χ3n) is 3.73. The van der Waals surface area contributed by atoms with Crippen LogP contribution in [0, 0.1) is 0 Å². The summed E-state index contributed by atoms with van der Waals surface area (Å²) in [6.45, 7) is 2.21. The van der Waals surface area contributed by atoms with E-state index in [0.717, 1.165) is 0 Å². The summed E-state index contributed by atoms with van der Waals surface area (Å²) in [6, 6.07) is 6.72. The van der Waals surface area contributed by atoms with Gasteiger partial charge in [-0.2, -0.15) is 0 Å². The Bertz CT molecular complexity index is 517. The largest absolute Gasteiger partial charge is 0.491 e. The molecule has 2 N–H and O–H groups in total. The van der Waals surface area contributed by atoms with Crippen molar-refractivity contribution in [1.29, 1.82) is 0 Å². The monoisotopic (exact) mass is 293 g/mol. The minimum Gasteiger partial charge on any atom is -0.491 e. The van der Waals surface area contributed by atoms with E-state index in [-0.39, 0.29) is 12.4 Å². The minimum atomic E-state index is -1.01. The van der Waals surface area contributed by atoms with Crippen molar-refractivity contribution in [3.05, 3.63) is 29.8 Å². The number of piperidine rings is 1. The second-order valence-corrected chi connectivity index (χ2v) is 5.36. The fourth-order valence-corrected chi connectivity index (χ4v) is 2.26. The number of aliphatic hydroxyl groups is 1. The molecule has 0 aliphatic carbocycles. The lowest BCUT2D eigenvalue weighted by Crippen LogP contribution is -2.49. The standard InChI is InChI=1S/C15H19NO5/c1-11(17)12-2-4-13(5-3-12)21-10-15(20)6-8-16(9-7-15)14(18)19/h2-5,20H,6-10H2,1H3,(H,18,19). The van der Waals surface area contributed by atoms with E-state index in [2.05, 4.69) is 0 Å². The van der Waals surface area contributed by atoms with Crippen LogP contribution in [0.1, 0.15) is 30.1 Å². The molecule has 0 aromatic heterocycles. The molecule has 1 heterocycles. The third kappa shape index (κ3) is 3.95.